The molecular formula is C27H33N6O7P. The number of aliphatic hydroxyl groups is 1. The zero-order chi connectivity index (χ0) is 29.5. The molecule has 41 heavy (non-hydrogen) atoms. The number of para-hydroxylation sites is 1. The Morgan fingerprint density at radius 1 is 1.17 bits per heavy atom. The molecule has 2 atom stereocenters. The predicted octanol–water partition coefficient (Wildman–Crippen LogP) is 3.02. The molecule has 0 aliphatic rings. The molecule has 0 saturated heterocycles. The molecule has 2 aromatic carbocycles. The van der Waals surface area contributed by atoms with Crippen LogP contribution in [0.3, 0.4) is 0 Å². The van der Waals surface area contributed by atoms with Gasteiger partial charge >= 0.3 is 13.7 Å². The highest BCUT2D eigenvalue weighted by atomic mass is 31.2. The fourth-order valence-electron chi connectivity index (χ4n) is 3.88. The van der Waals surface area contributed by atoms with Crippen LogP contribution >= 0.6 is 7.75 Å². The van der Waals surface area contributed by atoms with Crippen molar-refractivity contribution in [1.82, 2.24) is 24.6 Å². The maximum Gasteiger partial charge on any atom is 0.459 e. The van der Waals surface area contributed by atoms with Gasteiger partial charge in [-0.1, -0.05) is 48.5 Å². The van der Waals surface area contributed by atoms with E-state index < -0.39 is 30.7 Å². The monoisotopic (exact) mass is 584 g/mol. The number of carbonyl (C=O) groups is 1. The standard InChI is InChI=1S/C27H33N6O7P/c1-27(2,25(36)38-16-19-9-5-3-6-10-19)32-41(37,40-21-11-7-4-8-12-21)39-17-20(15-34)13-14-33-18-29-22-23(33)30-26(28)31-24(22)35/h3-12,18,20,34H,13-17H2,1-2H3,(H,32,37)(H3,28,30,31,35). The smallest absolute Gasteiger partial charge is 0.459 e. The Hall–Kier alpha value is -4.03. The number of rotatable bonds is 14. The normalized spacial score (nSPS) is 13.9. The summed E-state index contributed by atoms with van der Waals surface area (Å²) in [6.45, 7) is 2.91. The van der Waals surface area contributed by atoms with E-state index in [1.54, 1.807) is 34.9 Å². The molecule has 5 N–H and O–H groups in total. The number of nitrogens with two attached hydrogens (primary N) is 1. The molecule has 0 fully saturated rings. The minimum Gasteiger partial charge on any atom is -0.459 e. The van der Waals surface area contributed by atoms with E-state index in [4.69, 9.17) is 19.5 Å². The molecule has 0 bridgehead atoms. The molecule has 4 aromatic rings. The fourth-order valence-corrected chi connectivity index (χ4v) is 5.63. The van der Waals surface area contributed by atoms with Crippen LogP contribution in [0.25, 0.3) is 11.2 Å². The van der Waals surface area contributed by atoms with Crippen molar-refractivity contribution in [1.29, 1.82) is 0 Å². The Bertz CT molecular complexity index is 1560. The highest BCUT2D eigenvalue weighted by Crippen LogP contribution is 2.47. The summed E-state index contributed by atoms with van der Waals surface area (Å²) in [6.07, 6.45) is 1.81. The first-order valence-electron chi connectivity index (χ1n) is 12.9. The molecule has 0 radical (unpaired) electrons. The number of nitrogens with one attached hydrogen (secondary N) is 2. The number of aryl methyl sites for hydroxylation is 1. The topological polar surface area (TPSA) is 184 Å². The molecule has 0 aliphatic carbocycles. The first kappa shape index (κ1) is 29.9. The minimum atomic E-state index is -4.17. The van der Waals surface area contributed by atoms with Gasteiger partial charge < -0.3 is 24.7 Å². The maximum absolute atomic E-state index is 14.0. The number of nitrogens with zero attached hydrogens (tertiary/aromatic N) is 3. The van der Waals surface area contributed by atoms with Crippen molar-refractivity contribution >= 4 is 30.8 Å². The summed E-state index contributed by atoms with van der Waals surface area (Å²) in [6, 6.07) is 17.6. The van der Waals surface area contributed by atoms with Gasteiger partial charge in [-0.25, -0.2) is 9.55 Å². The van der Waals surface area contributed by atoms with Crippen molar-refractivity contribution < 1.29 is 28.3 Å². The lowest BCUT2D eigenvalue weighted by Crippen LogP contribution is -2.47. The number of aromatic nitrogens is 4. The lowest BCUT2D eigenvalue weighted by Gasteiger charge is -2.30. The summed E-state index contributed by atoms with van der Waals surface area (Å²) >= 11 is 0. The van der Waals surface area contributed by atoms with Gasteiger partial charge in [0.05, 0.1) is 12.9 Å². The highest BCUT2D eigenvalue weighted by Gasteiger charge is 2.40. The van der Waals surface area contributed by atoms with Crippen LogP contribution in [-0.4, -0.2) is 49.3 Å². The van der Waals surface area contributed by atoms with Crippen LogP contribution < -0.4 is 20.9 Å². The average Bonchev–Trinajstić information content (AvgIpc) is 3.35. The summed E-state index contributed by atoms with van der Waals surface area (Å²) < 4.78 is 32.5. The van der Waals surface area contributed by atoms with E-state index in [0.29, 0.717) is 18.6 Å². The molecule has 0 amide bonds. The van der Waals surface area contributed by atoms with Crippen LogP contribution in [0.1, 0.15) is 25.8 Å². The summed E-state index contributed by atoms with van der Waals surface area (Å²) in [5.41, 5.74) is 5.00. The van der Waals surface area contributed by atoms with Gasteiger partial charge in [-0.2, -0.15) is 10.1 Å². The first-order chi connectivity index (χ1) is 19.6. The van der Waals surface area contributed by atoms with Gasteiger partial charge in [0.15, 0.2) is 11.2 Å². The number of H-pyrrole nitrogens is 1. The van der Waals surface area contributed by atoms with Gasteiger partial charge in [-0.3, -0.25) is 19.1 Å². The Labute approximate surface area is 236 Å². The third-order valence-electron chi connectivity index (χ3n) is 6.12. The van der Waals surface area contributed by atoms with Gasteiger partial charge in [-0.15, -0.1) is 0 Å². The Kier molecular flexibility index (Phi) is 9.56. The lowest BCUT2D eigenvalue weighted by molar-refractivity contribution is -0.151. The number of anilines is 1. The number of carbonyl (C=O) groups excluding carboxylic acids is 1. The van der Waals surface area contributed by atoms with E-state index in [1.807, 2.05) is 30.3 Å². The second kappa shape index (κ2) is 13.1. The molecule has 2 unspecified atom stereocenters. The molecule has 0 spiro atoms. The third-order valence-corrected chi connectivity index (χ3v) is 7.89. The molecular weight excluding hydrogens is 551 g/mol. The number of aromatic amines is 1. The molecule has 14 heteroatoms. The molecule has 2 aromatic heterocycles. The number of imidazole rings is 1. The van der Waals surface area contributed by atoms with Crippen molar-refractivity contribution in [3.05, 3.63) is 82.9 Å². The van der Waals surface area contributed by atoms with Gasteiger partial charge in [0, 0.05) is 19.1 Å². The minimum absolute atomic E-state index is 0.0391. The Morgan fingerprint density at radius 3 is 2.54 bits per heavy atom. The van der Waals surface area contributed by atoms with Crippen LogP contribution in [-0.2, 0) is 31.8 Å². The number of hydrogen-bond donors (Lipinski definition) is 4. The zero-order valence-electron chi connectivity index (χ0n) is 22.7. The van der Waals surface area contributed by atoms with Crippen LogP contribution in [0.5, 0.6) is 5.75 Å². The van der Waals surface area contributed by atoms with Gasteiger partial charge in [0.25, 0.3) is 5.56 Å². The predicted molar refractivity (Wildman–Crippen MR) is 152 cm³/mol. The third kappa shape index (κ3) is 8.01. The SMILES string of the molecule is CC(C)(NP(=O)(OCC(CO)CCn1cnc2c(=O)[nH]c(N)nc21)Oc1ccccc1)C(=O)OCc1ccccc1. The van der Waals surface area contributed by atoms with Gasteiger partial charge in [0.1, 0.15) is 17.9 Å². The van der Waals surface area contributed by atoms with Crippen LogP contribution in [0, 0.1) is 5.92 Å². The molecule has 0 aliphatic heterocycles. The quantitative estimate of drug-likeness (QED) is 0.126. The van der Waals surface area contributed by atoms with Crippen LogP contribution in [0.15, 0.2) is 71.8 Å². The number of ether oxygens (including phenoxy) is 1. The largest absolute Gasteiger partial charge is 0.459 e. The van der Waals surface area contributed by atoms with Crippen molar-refractivity contribution in [2.24, 2.45) is 5.92 Å². The summed E-state index contributed by atoms with van der Waals surface area (Å²) in [5.74, 6) is -0.930. The van der Waals surface area contributed by atoms with E-state index in [0.717, 1.165) is 5.56 Å². The highest BCUT2D eigenvalue weighted by molar-refractivity contribution is 7.52. The Morgan fingerprint density at radius 2 is 1.85 bits per heavy atom. The summed E-state index contributed by atoms with van der Waals surface area (Å²) in [5, 5.41) is 12.7. The summed E-state index contributed by atoms with van der Waals surface area (Å²) in [4.78, 5) is 35.6. The molecule has 13 nitrogen and oxygen atoms in total. The average molecular weight is 585 g/mol. The number of esters is 1. The number of nitrogen functional groups attached to an aromatic ring is 1. The maximum atomic E-state index is 14.0. The number of benzene rings is 2. The molecule has 218 valence electrons. The van der Waals surface area contributed by atoms with Gasteiger partial charge in [0.2, 0.25) is 5.95 Å². The Balaban J connectivity index is 1.44. The van der Waals surface area contributed by atoms with Crippen molar-refractivity contribution in [2.75, 3.05) is 18.9 Å². The van der Waals surface area contributed by atoms with E-state index in [-0.39, 0.29) is 37.0 Å². The number of hydrogen-bond acceptors (Lipinski definition) is 10. The molecule has 0 saturated carbocycles. The van der Waals surface area contributed by atoms with E-state index in [2.05, 4.69) is 20.0 Å². The summed E-state index contributed by atoms with van der Waals surface area (Å²) in [7, 11) is -4.17. The fraction of sp³-hybridized carbons (Fsp3) is 0.333. The van der Waals surface area contributed by atoms with Crippen molar-refractivity contribution in [3.63, 3.8) is 0 Å². The second-order valence-corrected chi connectivity index (χ2v) is 11.6. The lowest BCUT2D eigenvalue weighted by atomic mass is 10.1. The number of fused-ring (bicyclic) bond motifs is 1. The van der Waals surface area contributed by atoms with Crippen LogP contribution in [0.4, 0.5) is 5.95 Å². The van der Waals surface area contributed by atoms with E-state index in [9.17, 15) is 19.3 Å². The first-order valence-corrected chi connectivity index (χ1v) is 14.4. The second-order valence-electron chi connectivity index (χ2n) is 9.89. The van der Waals surface area contributed by atoms with Crippen molar-refractivity contribution in [3.8, 4) is 5.75 Å². The number of aliphatic hydroxyl groups excluding tert-OH is 1. The van der Waals surface area contributed by atoms with E-state index >= 15 is 0 Å². The van der Waals surface area contributed by atoms with Gasteiger partial charge in [-0.05, 0) is 38.0 Å². The zero-order valence-corrected chi connectivity index (χ0v) is 23.6. The van der Waals surface area contributed by atoms with Crippen LogP contribution in [0.2, 0.25) is 0 Å². The molecule has 2 heterocycles. The molecule has 4 rings (SSSR count). The van der Waals surface area contributed by atoms with E-state index in [1.165, 1.54) is 20.2 Å². The van der Waals surface area contributed by atoms with Crippen molar-refractivity contribution in [2.45, 2.75) is 39.0 Å².